The number of nitriles is 1. The summed E-state index contributed by atoms with van der Waals surface area (Å²) in [6, 6.07) is 18.0. The van der Waals surface area contributed by atoms with Crippen molar-refractivity contribution in [3.8, 4) is 17.9 Å². The summed E-state index contributed by atoms with van der Waals surface area (Å²) < 4.78 is 6.59. The zero-order valence-electron chi connectivity index (χ0n) is 16.6. The zero-order valence-corrected chi connectivity index (χ0v) is 17.6. The Labute approximate surface area is 159 Å². The topological polar surface area (TPSA) is 33.0 Å². The van der Waals surface area contributed by atoms with Gasteiger partial charge in [-0.25, -0.2) is 0 Å². The Bertz CT molecular complexity index is 858. The molecule has 3 heteroatoms. The van der Waals surface area contributed by atoms with E-state index in [9.17, 15) is 5.26 Å². The zero-order chi connectivity index (χ0) is 19.4. The highest BCUT2D eigenvalue weighted by Crippen LogP contribution is 2.40. The normalized spacial score (nSPS) is 12.7. The molecule has 0 aliphatic carbocycles. The molecule has 2 aromatic carbocycles. The number of rotatable bonds is 3. The van der Waals surface area contributed by atoms with E-state index in [0.29, 0.717) is 5.56 Å². The lowest BCUT2D eigenvalue weighted by Crippen LogP contribution is -2.41. The molecular weight excluding hydrogens is 334 g/mol. The van der Waals surface area contributed by atoms with E-state index in [4.69, 9.17) is 4.43 Å². The molecule has 0 fully saturated rings. The van der Waals surface area contributed by atoms with Crippen LogP contribution in [0.4, 0.5) is 0 Å². The Morgan fingerprint density at radius 2 is 1.62 bits per heavy atom. The van der Waals surface area contributed by atoms with Gasteiger partial charge in [0.25, 0.3) is 0 Å². The van der Waals surface area contributed by atoms with E-state index in [0.717, 1.165) is 11.1 Å². The Morgan fingerprint density at radius 1 is 1.00 bits per heavy atom. The summed E-state index contributed by atoms with van der Waals surface area (Å²) in [4.78, 5) is 0. The largest absolute Gasteiger partial charge is 0.399 e. The van der Waals surface area contributed by atoms with Crippen molar-refractivity contribution in [2.45, 2.75) is 51.9 Å². The van der Waals surface area contributed by atoms with Crippen LogP contribution in [0.25, 0.3) is 0 Å². The second-order valence-electron chi connectivity index (χ2n) is 8.09. The molecular formula is C23H27NOSi. The van der Waals surface area contributed by atoms with Crippen LogP contribution in [0.1, 0.15) is 49.1 Å². The summed E-state index contributed by atoms with van der Waals surface area (Å²) in [6.07, 6.45) is -0.409. The van der Waals surface area contributed by atoms with E-state index in [2.05, 4.69) is 70.8 Å². The molecule has 0 heterocycles. The molecule has 0 N–H and O–H groups in total. The van der Waals surface area contributed by atoms with Gasteiger partial charge in [-0.3, -0.25) is 0 Å². The Morgan fingerprint density at radius 3 is 2.19 bits per heavy atom. The van der Waals surface area contributed by atoms with Crippen LogP contribution in [0, 0.1) is 30.1 Å². The summed E-state index contributed by atoms with van der Waals surface area (Å²) in [5.74, 6) is 6.52. The lowest BCUT2D eigenvalue weighted by molar-refractivity contribution is 0.238. The van der Waals surface area contributed by atoms with Gasteiger partial charge in [0.2, 0.25) is 0 Å². The third-order valence-electron chi connectivity index (χ3n) is 4.98. The molecule has 0 aliphatic heterocycles. The van der Waals surface area contributed by atoms with E-state index in [-0.39, 0.29) is 5.04 Å². The first-order valence-electron chi connectivity index (χ1n) is 8.89. The molecule has 0 radical (unpaired) electrons. The molecule has 0 saturated carbocycles. The first-order valence-corrected chi connectivity index (χ1v) is 11.8. The van der Waals surface area contributed by atoms with Crippen molar-refractivity contribution in [3.63, 3.8) is 0 Å². The van der Waals surface area contributed by atoms with Gasteiger partial charge in [-0.1, -0.05) is 68.5 Å². The van der Waals surface area contributed by atoms with E-state index in [1.165, 1.54) is 5.56 Å². The van der Waals surface area contributed by atoms with Gasteiger partial charge in [0.15, 0.2) is 8.32 Å². The molecule has 0 bridgehead atoms. The van der Waals surface area contributed by atoms with Gasteiger partial charge in [-0.2, -0.15) is 5.26 Å². The van der Waals surface area contributed by atoms with Gasteiger partial charge in [0.05, 0.1) is 11.6 Å². The number of hydrogen-bond acceptors (Lipinski definition) is 2. The van der Waals surface area contributed by atoms with Crippen molar-refractivity contribution in [1.29, 1.82) is 5.26 Å². The van der Waals surface area contributed by atoms with Gasteiger partial charge >= 0.3 is 0 Å². The average Bonchev–Trinajstić information content (AvgIpc) is 2.59. The summed E-state index contributed by atoms with van der Waals surface area (Å²) >= 11 is 0. The number of hydrogen-bond donors (Lipinski definition) is 0. The van der Waals surface area contributed by atoms with Crippen LogP contribution in [0.2, 0.25) is 18.1 Å². The highest BCUT2D eigenvalue weighted by molar-refractivity contribution is 6.74. The third-order valence-corrected chi connectivity index (χ3v) is 9.42. The predicted octanol–water partition coefficient (Wildman–Crippen LogP) is 5.98. The van der Waals surface area contributed by atoms with Crippen molar-refractivity contribution in [1.82, 2.24) is 0 Å². The number of aryl methyl sites for hydroxylation is 1. The summed E-state index contributed by atoms with van der Waals surface area (Å²) in [5.41, 5.74) is 3.63. The van der Waals surface area contributed by atoms with Crippen LogP contribution in [-0.4, -0.2) is 8.32 Å². The summed E-state index contributed by atoms with van der Waals surface area (Å²) in [7, 11) is -2.05. The fraction of sp³-hybridized carbons (Fsp3) is 0.348. The maximum Gasteiger partial charge on any atom is 0.194 e. The molecule has 2 nitrogen and oxygen atoms in total. The van der Waals surface area contributed by atoms with Crippen LogP contribution >= 0.6 is 0 Å². The molecule has 2 rings (SSSR count). The van der Waals surface area contributed by atoms with Crippen LogP contribution in [0.3, 0.4) is 0 Å². The molecule has 0 aromatic heterocycles. The Balaban J connectivity index is 2.46. The maximum atomic E-state index is 9.50. The lowest BCUT2D eigenvalue weighted by Gasteiger charge is -2.38. The third kappa shape index (κ3) is 4.85. The van der Waals surface area contributed by atoms with Crippen LogP contribution < -0.4 is 0 Å². The van der Waals surface area contributed by atoms with Crippen molar-refractivity contribution < 1.29 is 4.43 Å². The van der Waals surface area contributed by atoms with Gasteiger partial charge in [-0.15, -0.1) is 0 Å². The Hall–Kier alpha value is -2.33. The lowest BCUT2D eigenvalue weighted by atomic mass is 10.0. The molecule has 1 unspecified atom stereocenters. The Kier molecular flexibility index (Phi) is 6.08. The fourth-order valence-corrected chi connectivity index (χ4v) is 3.38. The number of benzene rings is 2. The smallest absolute Gasteiger partial charge is 0.194 e. The molecule has 0 spiro atoms. The van der Waals surface area contributed by atoms with Crippen LogP contribution in [-0.2, 0) is 4.43 Å². The fourth-order valence-electron chi connectivity index (χ4n) is 2.26. The van der Waals surface area contributed by atoms with Crippen molar-refractivity contribution >= 4 is 8.32 Å². The highest BCUT2D eigenvalue weighted by Gasteiger charge is 2.39. The first kappa shape index (κ1) is 20.0. The van der Waals surface area contributed by atoms with E-state index in [1.54, 1.807) is 0 Å². The minimum Gasteiger partial charge on any atom is -0.399 e. The van der Waals surface area contributed by atoms with Crippen molar-refractivity contribution in [2.75, 3.05) is 0 Å². The SMILES string of the molecule is Cc1ccc(C#CC(O[Si](C)(C)C(C)(C)C)c2ccccc2C#N)cc1. The van der Waals surface area contributed by atoms with Crippen LogP contribution in [0.5, 0.6) is 0 Å². The van der Waals surface area contributed by atoms with Crippen LogP contribution in [0.15, 0.2) is 48.5 Å². The van der Waals surface area contributed by atoms with Gasteiger partial charge in [0.1, 0.15) is 6.10 Å². The highest BCUT2D eigenvalue weighted by atomic mass is 28.4. The molecule has 134 valence electrons. The predicted molar refractivity (Wildman–Crippen MR) is 110 cm³/mol. The quantitative estimate of drug-likeness (QED) is 0.497. The standard InChI is InChI=1S/C23H27NOSi/c1-18-11-13-19(14-12-18)15-16-22(25-26(5,6)23(2,3)4)21-10-8-7-9-20(21)17-24/h7-14,22H,1-6H3. The van der Waals surface area contributed by atoms with Crippen molar-refractivity contribution in [2.24, 2.45) is 0 Å². The van der Waals surface area contributed by atoms with Gasteiger partial charge in [0, 0.05) is 11.1 Å². The summed E-state index contributed by atoms with van der Waals surface area (Å²) in [6.45, 7) is 13.1. The van der Waals surface area contributed by atoms with Gasteiger partial charge in [-0.05, 0) is 43.3 Å². The van der Waals surface area contributed by atoms with Gasteiger partial charge < -0.3 is 4.43 Å². The number of nitrogens with zero attached hydrogens (tertiary/aromatic N) is 1. The minimum absolute atomic E-state index is 0.0678. The average molecular weight is 362 g/mol. The second-order valence-corrected chi connectivity index (χ2v) is 12.8. The molecule has 0 aliphatic rings. The minimum atomic E-state index is -2.05. The molecule has 1 atom stereocenters. The molecule has 26 heavy (non-hydrogen) atoms. The van der Waals surface area contributed by atoms with E-state index < -0.39 is 14.4 Å². The molecule has 0 saturated heterocycles. The maximum absolute atomic E-state index is 9.50. The summed E-state index contributed by atoms with van der Waals surface area (Å²) in [5, 5.41) is 9.57. The van der Waals surface area contributed by atoms with E-state index in [1.807, 2.05) is 36.4 Å². The van der Waals surface area contributed by atoms with E-state index >= 15 is 0 Å². The molecule has 2 aromatic rings. The molecule has 0 amide bonds. The first-order chi connectivity index (χ1) is 12.1. The monoisotopic (exact) mass is 361 g/mol. The second kappa shape index (κ2) is 7.91. The van der Waals surface area contributed by atoms with Crippen molar-refractivity contribution in [3.05, 3.63) is 70.8 Å².